The van der Waals surface area contributed by atoms with Crippen molar-refractivity contribution in [3.05, 3.63) is 30.3 Å². The Morgan fingerprint density at radius 1 is 0.947 bits per heavy atom. The molecule has 0 radical (unpaired) electrons. The maximum Gasteiger partial charge on any atom is 0.295 e. The molecule has 0 fully saturated rings. The number of hydrogen-bond acceptors (Lipinski definition) is 5. The predicted octanol–water partition coefficient (Wildman–Crippen LogP) is 0.915. The van der Waals surface area contributed by atoms with Crippen LogP contribution in [0.5, 0.6) is 0 Å². The highest BCUT2D eigenvalue weighted by Crippen LogP contribution is 2.31. The van der Waals surface area contributed by atoms with Crippen molar-refractivity contribution in [1.29, 1.82) is 0 Å². The van der Waals surface area contributed by atoms with Crippen molar-refractivity contribution in [1.82, 2.24) is 0 Å². The fourth-order valence-electron chi connectivity index (χ4n) is 1.74. The van der Waals surface area contributed by atoms with E-state index in [1.807, 2.05) is 0 Å². The molecule has 0 aliphatic rings. The van der Waals surface area contributed by atoms with Gasteiger partial charge in [0.25, 0.3) is 20.2 Å². The quantitative estimate of drug-likeness (QED) is 0.554. The summed E-state index contributed by atoms with van der Waals surface area (Å²) in [5.74, 6) is 0. The molecule has 2 aromatic rings. The summed E-state index contributed by atoms with van der Waals surface area (Å²) in [6, 6.07) is 6.03. The second-order valence-electron chi connectivity index (χ2n) is 3.82. The third-order valence-corrected chi connectivity index (χ3v) is 4.23. The Kier molecular flexibility index (Phi) is 3.01. The first-order chi connectivity index (χ1) is 8.60. The Bertz CT molecular complexity index is 870. The minimum Gasteiger partial charge on any atom is -0.398 e. The van der Waals surface area contributed by atoms with Gasteiger partial charge in [0.15, 0.2) is 0 Å². The van der Waals surface area contributed by atoms with Crippen LogP contribution in [-0.2, 0) is 20.2 Å². The van der Waals surface area contributed by atoms with Crippen LogP contribution in [0.1, 0.15) is 0 Å². The van der Waals surface area contributed by atoms with Crippen LogP contribution in [0.4, 0.5) is 5.69 Å². The third kappa shape index (κ3) is 2.54. The smallest absolute Gasteiger partial charge is 0.295 e. The van der Waals surface area contributed by atoms with Gasteiger partial charge in [-0.15, -0.1) is 0 Å². The van der Waals surface area contributed by atoms with E-state index in [0.717, 1.165) is 6.07 Å². The molecule has 0 heterocycles. The Morgan fingerprint density at radius 3 is 2.11 bits per heavy atom. The van der Waals surface area contributed by atoms with Crippen LogP contribution in [0, 0.1) is 0 Å². The van der Waals surface area contributed by atoms with Gasteiger partial charge in [0.1, 0.15) is 4.90 Å². The number of fused-ring (bicyclic) bond motifs is 1. The van der Waals surface area contributed by atoms with Crippen molar-refractivity contribution >= 4 is 36.7 Å². The highest BCUT2D eigenvalue weighted by atomic mass is 32.2. The van der Waals surface area contributed by atoms with Crippen molar-refractivity contribution < 1.29 is 25.9 Å². The van der Waals surface area contributed by atoms with Crippen LogP contribution in [0.15, 0.2) is 40.1 Å². The van der Waals surface area contributed by atoms with E-state index in [0.29, 0.717) is 6.07 Å². The minimum absolute atomic E-state index is 0.00241. The number of hydrogen-bond donors (Lipinski definition) is 3. The van der Waals surface area contributed by atoms with Gasteiger partial charge in [0.2, 0.25) is 0 Å². The SMILES string of the molecule is Nc1cccc2cc(S(=O)(=O)O)cc(S(=O)(=O)O)c12. The molecule has 7 nitrogen and oxygen atoms in total. The van der Waals surface area contributed by atoms with E-state index in [-0.39, 0.29) is 16.5 Å². The summed E-state index contributed by atoms with van der Waals surface area (Å²) in [5, 5.41) is 0.167. The standard InChI is InChI=1S/C10H9NO6S2/c11-8-3-1-2-6-4-7(18(12,13)14)5-9(10(6)8)19(15,16)17/h1-5H,11H2,(H,12,13,14)(H,15,16,17). The first kappa shape index (κ1) is 13.7. The number of rotatable bonds is 2. The lowest BCUT2D eigenvalue weighted by Crippen LogP contribution is -2.05. The molecule has 2 aromatic carbocycles. The summed E-state index contributed by atoms with van der Waals surface area (Å²) in [6.45, 7) is 0. The zero-order chi connectivity index (χ0) is 14.4. The Hall–Kier alpha value is -1.68. The van der Waals surface area contributed by atoms with E-state index in [1.54, 1.807) is 0 Å². The van der Waals surface area contributed by atoms with Crippen LogP contribution in [0.3, 0.4) is 0 Å². The topological polar surface area (TPSA) is 135 Å². The van der Waals surface area contributed by atoms with E-state index in [1.165, 1.54) is 18.2 Å². The molecule has 0 spiro atoms. The predicted molar refractivity (Wildman–Crippen MR) is 68.0 cm³/mol. The van der Waals surface area contributed by atoms with Crippen LogP contribution in [0.25, 0.3) is 10.8 Å². The van der Waals surface area contributed by atoms with Crippen LogP contribution >= 0.6 is 0 Å². The summed E-state index contributed by atoms with van der Waals surface area (Å²) in [6.07, 6.45) is 0. The molecule has 0 atom stereocenters. The van der Waals surface area contributed by atoms with Crippen molar-refractivity contribution in [2.24, 2.45) is 0 Å². The lowest BCUT2D eigenvalue weighted by Gasteiger charge is -2.08. The molecule has 0 aromatic heterocycles. The van der Waals surface area contributed by atoms with E-state index in [9.17, 15) is 16.8 Å². The lowest BCUT2D eigenvalue weighted by molar-refractivity contribution is 0.482. The van der Waals surface area contributed by atoms with E-state index in [2.05, 4.69) is 0 Å². The molecule has 0 unspecified atom stereocenters. The number of nitrogens with two attached hydrogens (primary N) is 1. The summed E-state index contributed by atoms with van der Waals surface area (Å²) >= 11 is 0. The Balaban J connectivity index is 3.07. The fourth-order valence-corrected chi connectivity index (χ4v) is 3.13. The molecule has 4 N–H and O–H groups in total. The molecule has 0 aliphatic carbocycles. The number of nitrogen functional groups attached to an aromatic ring is 1. The number of benzene rings is 2. The zero-order valence-electron chi connectivity index (χ0n) is 9.31. The van der Waals surface area contributed by atoms with Crippen LogP contribution < -0.4 is 5.73 Å². The van der Waals surface area contributed by atoms with Gasteiger partial charge in [-0.25, -0.2) is 0 Å². The molecule has 0 bridgehead atoms. The normalized spacial score (nSPS) is 12.7. The van der Waals surface area contributed by atoms with Gasteiger partial charge in [0, 0.05) is 11.1 Å². The second-order valence-corrected chi connectivity index (χ2v) is 6.63. The van der Waals surface area contributed by atoms with Crippen LogP contribution in [-0.4, -0.2) is 25.9 Å². The molecule has 0 saturated carbocycles. The summed E-state index contributed by atoms with van der Waals surface area (Å²) in [5.41, 5.74) is 5.69. The average molecular weight is 303 g/mol. The van der Waals surface area contributed by atoms with E-state index < -0.39 is 30.0 Å². The largest absolute Gasteiger partial charge is 0.398 e. The summed E-state index contributed by atoms with van der Waals surface area (Å²) in [4.78, 5) is -1.31. The maximum atomic E-state index is 11.3. The van der Waals surface area contributed by atoms with Gasteiger partial charge >= 0.3 is 0 Å². The van der Waals surface area contributed by atoms with Gasteiger partial charge in [-0.1, -0.05) is 12.1 Å². The molecular weight excluding hydrogens is 294 g/mol. The highest BCUT2D eigenvalue weighted by Gasteiger charge is 2.21. The molecule has 19 heavy (non-hydrogen) atoms. The van der Waals surface area contributed by atoms with Crippen molar-refractivity contribution in [3.8, 4) is 0 Å². The van der Waals surface area contributed by atoms with Gasteiger partial charge < -0.3 is 5.73 Å². The first-order valence-electron chi connectivity index (χ1n) is 4.88. The van der Waals surface area contributed by atoms with Gasteiger partial charge in [-0.05, 0) is 23.6 Å². The molecular formula is C10H9NO6S2. The minimum atomic E-state index is -4.69. The lowest BCUT2D eigenvalue weighted by atomic mass is 10.1. The molecule has 0 amide bonds. The third-order valence-electron chi connectivity index (χ3n) is 2.52. The fraction of sp³-hybridized carbons (Fsp3) is 0. The highest BCUT2D eigenvalue weighted by molar-refractivity contribution is 7.86. The average Bonchev–Trinajstić information content (AvgIpc) is 2.25. The van der Waals surface area contributed by atoms with E-state index in [4.69, 9.17) is 14.8 Å². The molecule has 0 aliphatic heterocycles. The monoisotopic (exact) mass is 303 g/mol. The second kappa shape index (κ2) is 4.17. The molecule has 9 heteroatoms. The van der Waals surface area contributed by atoms with Gasteiger partial charge in [0.05, 0.1) is 4.90 Å². The molecule has 102 valence electrons. The summed E-state index contributed by atoms with van der Waals surface area (Å²) in [7, 11) is -9.30. The van der Waals surface area contributed by atoms with E-state index >= 15 is 0 Å². The van der Waals surface area contributed by atoms with Crippen molar-refractivity contribution in [2.45, 2.75) is 9.79 Å². The molecule has 0 saturated heterocycles. The van der Waals surface area contributed by atoms with Crippen molar-refractivity contribution in [3.63, 3.8) is 0 Å². The molecule has 2 rings (SSSR count). The Morgan fingerprint density at radius 2 is 1.58 bits per heavy atom. The summed E-state index contributed by atoms with van der Waals surface area (Å²) < 4.78 is 62.9. The van der Waals surface area contributed by atoms with Gasteiger partial charge in [-0.2, -0.15) is 16.8 Å². The van der Waals surface area contributed by atoms with Gasteiger partial charge in [-0.3, -0.25) is 9.11 Å². The zero-order valence-corrected chi connectivity index (χ0v) is 10.9. The Labute approximate surface area is 109 Å². The number of anilines is 1. The first-order valence-corrected chi connectivity index (χ1v) is 7.76. The van der Waals surface area contributed by atoms with Crippen LogP contribution in [0.2, 0.25) is 0 Å². The maximum absolute atomic E-state index is 11.3. The van der Waals surface area contributed by atoms with Crippen molar-refractivity contribution in [2.75, 3.05) is 5.73 Å².